The maximum Gasteiger partial charge on any atom is 0.402 e. The van der Waals surface area contributed by atoms with Gasteiger partial charge in [-0.3, -0.25) is 0 Å². The van der Waals surface area contributed by atoms with Crippen LogP contribution in [0.3, 0.4) is 0 Å². The maximum absolute atomic E-state index is 13.0. The van der Waals surface area contributed by atoms with Gasteiger partial charge >= 0.3 is 6.18 Å². The van der Waals surface area contributed by atoms with Crippen LogP contribution in [0.25, 0.3) is 11.1 Å². The van der Waals surface area contributed by atoms with Gasteiger partial charge in [0, 0.05) is 7.05 Å². The van der Waals surface area contributed by atoms with Gasteiger partial charge in [-0.15, -0.1) is 0 Å². The molecule has 31 heavy (non-hydrogen) atoms. The van der Waals surface area contributed by atoms with E-state index in [0.29, 0.717) is 21.0 Å². The Hall–Kier alpha value is -2.56. The van der Waals surface area contributed by atoms with Crippen LogP contribution < -0.4 is 0 Å². The van der Waals surface area contributed by atoms with Crippen molar-refractivity contribution in [3.8, 4) is 11.5 Å². The number of fused-ring (bicyclic) bond motifs is 2. The zero-order valence-electron chi connectivity index (χ0n) is 16.4. The lowest BCUT2D eigenvalue weighted by atomic mass is 9.83. The Morgan fingerprint density at radius 3 is 1.94 bits per heavy atom. The molecular weight excluding hydrogens is 435 g/mol. The molecule has 1 fully saturated rings. The highest BCUT2D eigenvalue weighted by Gasteiger charge is 2.54. The van der Waals surface area contributed by atoms with Crippen molar-refractivity contribution in [3.05, 3.63) is 59.7 Å². The molecule has 2 heterocycles. The minimum absolute atomic E-state index is 0.0208. The van der Waals surface area contributed by atoms with E-state index in [0.717, 1.165) is 12.6 Å². The first-order valence-electron chi connectivity index (χ1n) is 9.47. The third-order valence-electron chi connectivity index (χ3n) is 5.57. The van der Waals surface area contributed by atoms with Crippen LogP contribution in [0.5, 0.6) is 11.5 Å². The summed E-state index contributed by atoms with van der Waals surface area (Å²) in [6.45, 7) is -1.58. The molecule has 1 saturated heterocycles. The van der Waals surface area contributed by atoms with Crippen LogP contribution in [0.2, 0.25) is 0 Å². The van der Waals surface area contributed by atoms with E-state index in [9.17, 15) is 31.8 Å². The number of nitrogens with zero attached hydrogens (tertiary/aromatic N) is 1. The largest absolute Gasteiger partial charge is 0.508 e. The van der Waals surface area contributed by atoms with Crippen LogP contribution in [0.15, 0.2) is 48.5 Å². The first-order chi connectivity index (χ1) is 14.5. The minimum Gasteiger partial charge on any atom is -0.508 e. The number of aromatic hydroxyl groups is 2. The summed E-state index contributed by atoms with van der Waals surface area (Å²) in [5.74, 6) is 0.0857. The van der Waals surface area contributed by atoms with Crippen molar-refractivity contribution in [1.29, 1.82) is 0 Å². The summed E-state index contributed by atoms with van der Waals surface area (Å²) in [6, 6.07) is 12.5. The number of phenols is 2. The van der Waals surface area contributed by atoms with Gasteiger partial charge in [0.2, 0.25) is 10.0 Å². The number of hydrogen-bond donors (Lipinski definition) is 2. The number of benzene rings is 2. The van der Waals surface area contributed by atoms with E-state index in [4.69, 9.17) is 4.74 Å². The number of hydrogen-bond acceptors (Lipinski definition) is 5. The predicted molar refractivity (Wildman–Crippen MR) is 108 cm³/mol. The summed E-state index contributed by atoms with van der Waals surface area (Å²) in [4.78, 5) is 0. The van der Waals surface area contributed by atoms with E-state index in [1.807, 2.05) is 0 Å². The zero-order valence-corrected chi connectivity index (χ0v) is 17.2. The molecule has 6 nitrogen and oxygen atoms in total. The van der Waals surface area contributed by atoms with E-state index < -0.39 is 40.2 Å². The van der Waals surface area contributed by atoms with E-state index >= 15 is 0 Å². The number of rotatable bonds is 5. The molecule has 0 unspecified atom stereocenters. The fourth-order valence-electron chi connectivity index (χ4n) is 4.22. The molecule has 2 bridgehead atoms. The molecule has 4 rings (SSSR count). The molecule has 0 aliphatic carbocycles. The summed E-state index contributed by atoms with van der Waals surface area (Å²) in [5, 5.41) is 18.0. The second kappa shape index (κ2) is 7.54. The topological polar surface area (TPSA) is 87.1 Å². The van der Waals surface area contributed by atoms with Gasteiger partial charge in [-0.25, -0.2) is 8.42 Å². The third kappa shape index (κ3) is 4.02. The van der Waals surface area contributed by atoms with Gasteiger partial charge in [-0.1, -0.05) is 24.3 Å². The molecular formula is C21H20F3NO5S. The summed E-state index contributed by atoms with van der Waals surface area (Å²) in [6.07, 6.45) is -6.23. The molecule has 2 aliphatic heterocycles. The predicted octanol–water partition coefficient (Wildman–Crippen LogP) is 3.37. The van der Waals surface area contributed by atoms with Crippen molar-refractivity contribution in [2.75, 3.05) is 13.6 Å². The standard InChI is InChI=1S/C21H20F3NO5S/c1-25(11-21(22,23)24)31(28,29)17-10-16-18(12-2-6-14(26)7-3-12)19(20(17)30-16)13-4-8-15(27)9-5-13/h2-9,16-17,20,26-27H,10-11H2,1H3/t16-,17+,20+/m0/s1. The van der Waals surface area contributed by atoms with E-state index in [-0.39, 0.29) is 17.9 Å². The van der Waals surface area contributed by atoms with Crippen LogP contribution in [0, 0.1) is 0 Å². The van der Waals surface area contributed by atoms with E-state index in [1.54, 1.807) is 24.3 Å². The maximum atomic E-state index is 13.0. The highest BCUT2D eigenvalue weighted by atomic mass is 32.2. The summed E-state index contributed by atoms with van der Waals surface area (Å²) >= 11 is 0. The molecule has 2 aliphatic rings. The molecule has 2 N–H and O–H groups in total. The lowest BCUT2D eigenvalue weighted by Gasteiger charge is -2.29. The zero-order chi connectivity index (χ0) is 22.6. The summed E-state index contributed by atoms with van der Waals surface area (Å²) in [7, 11) is -3.38. The highest BCUT2D eigenvalue weighted by Crippen LogP contribution is 2.51. The Morgan fingerprint density at radius 2 is 1.45 bits per heavy atom. The van der Waals surface area contributed by atoms with Crippen LogP contribution in [-0.4, -0.2) is 60.2 Å². The molecule has 166 valence electrons. The lowest BCUT2D eigenvalue weighted by molar-refractivity contribution is -0.134. The second-order valence-corrected chi connectivity index (χ2v) is 9.92. The number of ether oxygens (including phenoxy) is 1. The lowest BCUT2D eigenvalue weighted by Crippen LogP contribution is -2.45. The molecule has 3 atom stereocenters. The smallest absolute Gasteiger partial charge is 0.402 e. The van der Waals surface area contributed by atoms with Gasteiger partial charge in [0.05, 0.1) is 6.10 Å². The Bertz CT molecular complexity index is 1110. The van der Waals surface area contributed by atoms with Gasteiger partial charge in [0.25, 0.3) is 0 Å². The van der Waals surface area contributed by atoms with E-state index in [2.05, 4.69) is 0 Å². The van der Waals surface area contributed by atoms with E-state index in [1.165, 1.54) is 24.3 Å². The molecule has 0 amide bonds. The summed E-state index contributed by atoms with van der Waals surface area (Å²) < 4.78 is 70.7. The minimum atomic E-state index is -4.66. The first kappa shape index (κ1) is 21.7. The van der Waals surface area contributed by atoms with Gasteiger partial charge < -0.3 is 14.9 Å². The van der Waals surface area contributed by atoms with Crippen LogP contribution in [0.4, 0.5) is 13.2 Å². The van der Waals surface area contributed by atoms with Gasteiger partial charge in [0.1, 0.15) is 29.4 Å². The molecule has 0 radical (unpaired) electrons. The SMILES string of the molecule is CN(CC(F)(F)F)S(=O)(=O)[C@@H]1C[C@@H]2O[C@H]1C(c1ccc(O)cc1)=C2c1ccc(O)cc1. The molecule has 0 spiro atoms. The first-order valence-corrected chi connectivity index (χ1v) is 11.0. The number of halogens is 3. The molecule has 2 aromatic rings. The van der Waals surface area contributed by atoms with Crippen molar-refractivity contribution in [1.82, 2.24) is 4.31 Å². The van der Waals surface area contributed by atoms with Gasteiger partial charge in [-0.05, 0) is 53.0 Å². The Labute approximate surface area is 177 Å². The monoisotopic (exact) mass is 455 g/mol. The van der Waals surface area contributed by atoms with Crippen LogP contribution in [-0.2, 0) is 14.8 Å². The molecule has 2 aromatic carbocycles. The molecule has 10 heteroatoms. The number of phenolic OH excluding ortho intramolecular Hbond substituents is 2. The average molecular weight is 455 g/mol. The van der Waals surface area contributed by atoms with Gasteiger partial charge in [-0.2, -0.15) is 17.5 Å². The van der Waals surface area contributed by atoms with Crippen LogP contribution in [0.1, 0.15) is 17.5 Å². The quantitative estimate of drug-likeness (QED) is 0.722. The number of sulfonamides is 1. The van der Waals surface area contributed by atoms with Crippen molar-refractivity contribution >= 4 is 21.2 Å². The number of alkyl halides is 3. The Morgan fingerprint density at radius 1 is 0.968 bits per heavy atom. The van der Waals surface area contributed by atoms with Crippen molar-refractivity contribution in [2.24, 2.45) is 0 Å². The van der Waals surface area contributed by atoms with Crippen LogP contribution >= 0.6 is 0 Å². The molecule has 0 aromatic heterocycles. The second-order valence-electron chi connectivity index (χ2n) is 7.66. The fourth-order valence-corrected chi connectivity index (χ4v) is 5.93. The van der Waals surface area contributed by atoms with Gasteiger partial charge in [0.15, 0.2) is 0 Å². The Kier molecular flexibility index (Phi) is 5.27. The third-order valence-corrected chi connectivity index (χ3v) is 7.77. The van der Waals surface area contributed by atoms with Crippen molar-refractivity contribution in [3.63, 3.8) is 0 Å². The Balaban J connectivity index is 1.78. The normalized spacial score (nSPS) is 23.7. The van der Waals surface area contributed by atoms with Crippen molar-refractivity contribution < 1.29 is 36.5 Å². The fraction of sp³-hybridized carbons (Fsp3) is 0.333. The highest BCUT2D eigenvalue weighted by molar-refractivity contribution is 7.89. The summed E-state index contributed by atoms with van der Waals surface area (Å²) in [5.41, 5.74) is 2.59. The average Bonchev–Trinajstić information content (AvgIpc) is 3.27. The molecule has 0 saturated carbocycles. The van der Waals surface area contributed by atoms with Crippen molar-refractivity contribution in [2.45, 2.75) is 30.1 Å².